The Morgan fingerprint density at radius 3 is 2.43 bits per heavy atom. The van der Waals surface area contributed by atoms with Gasteiger partial charge in [0.05, 0.1) is 37.3 Å². The van der Waals surface area contributed by atoms with Crippen LogP contribution in [0, 0.1) is 0 Å². The van der Waals surface area contributed by atoms with Gasteiger partial charge < -0.3 is 28.1 Å². The molecule has 0 atom stereocenters. The third kappa shape index (κ3) is 6.45. The number of nitrogens with zero attached hydrogens (tertiary/aromatic N) is 1. The van der Waals surface area contributed by atoms with Crippen molar-refractivity contribution in [2.75, 3.05) is 34.1 Å². The standard InChI is InChI=1S/C32H30F3NO8/c1-4-15-41-31(38)20-6-8-21(9-7-20)43-29-27(37)22-10-12-24-23(28(22)44-30(29)32(33,34)35)17-36(18-42-24)14-13-19-5-11-25(39-2)26(16-19)40-3/h5-12,16H,4,13-15,17-18H2,1-3H3. The Kier molecular flexibility index (Phi) is 9.00. The molecule has 1 aliphatic rings. The van der Waals surface area contributed by atoms with Gasteiger partial charge in [-0.25, -0.2) is 4.79 Å². The van der Waals surface area contributed by atoms with Crippen LogP contribution in [0.2, 0.25) is 0 Å². The zero-order chi connectivity index (χ0) is 31.4. The summed E-state index contributed by atoms with van der Waals surface area (Å²) in [6, 6.07) is 13.7. The number of carbonyl (C=O) groups is 1. The molecule has 0 aliphatic carbocycles. The first kappa shape index (κ1) is 30.7. The molecule has 0 saturated carbocycles. The third-order valence-corrected chi connectivity index (χ3v) is 7.03. The topological polar surface area (TPSA) is 96.7 Å². The molecule has 44 heavy (non-hydrogen) atoms. The molecule has 2 heterocycles. The predicted molar refractivity (Wildman–Crippen MR) is 154 cm³/mol. The van der Waals surface area contributed by atoms with Crippen LogP contribution < -0.4 is 24.4 Å². The quantitative estimate of drug-likeness (QED) is 0.184. The van der Waals surface area contributed by atoms with Gasteiger partial charge in [-0.05, 0) is 66.9 Å². The molecule has 0 bridgehead atoms. The summed E-state index contributed by atoms with van der Waals surface area (Å²) >= 11 is 0. The monoisotopic (exact) mass is 613 g/mol. The van der Waals surface area contributed by atoms with Gasteiger partial charge in [-0.3, -0.25) is 9.69 Å². The van der Waals surface area contributed by atoms with Gasteiger partial charge in [0, 0.05) is 13.1 Å². The van der Waals surface area contributed by atoms with Crippen LogP contribution in [0.3, 0.4) is 0 Å². The van der Waals surface area contributed by atoms with E-state index in [0.29, 0.717) is 42.2 Å². The molecule has 0 amide bonds. The minimum atomic E-state index is -5.04. The third-order valence-electron chi connectivity index (χ3n) is 7.03. The van der Waals surface area contributed by atoms with Crippen molar-refractivity contribution in [3.8, 4) is 28.7 Å². The van der Waals surface area contributed by atoms with Crippen LogP contribution >= 0.6 is 0 Å². The minimum absolute atomic E-state index is 0.0862. The SMILES string of the molecule is CCCOC(=O)c1ccc(Oc2c(C(F)(F)F)oc3c4c(ccc3c2=O)OCN(CCc2ccc(OC)c(OC)c2)C4)cc1. The Morgan fingerprint density at radius 1 is 1.00 bits per heavy atom. The van der Waals surface area contributed by atoms with Crippen LogP contribution in [0.1, 0.15) is 40.6 Å². The first-order valence-electron chi connectivity index (χ1n) is 13.8. The average molecular weight is 614 g/mol. The number of methoxy groups -OCH3 is 2. The van der Waals surface area contributed by atoms with Gasteiger partial charge in [-0.2, -0.15) is 13.2 Å². The number of ether oxygens (including phenoxy) is 5. The molecule has 0 radical (unpaired) electrons. The van der Waals surface area contributed by atoms with Crippen molar-refractivity contribution < 1.29 is 46.1 Å². The zero-order valence-corrected chi connectivity index (χ0v) is 24.3. The summed E-state index contributed by atoms with van der Waals surface area (Å²) in [5.41, 5.74) is 0.261. The van der Waals surface area contributed by atoms with Gasteiger partial charge >= 0.3 is 12.1 Å². The zero-order valence-electron chi connectivity index (χ0n) is 24.3. The average Bonchev–Trinajstić information content (AvgIpc) is 3.03. The highest BCUT2D eigenvalue weighted by Gasteiger charge is 2.41. The molecule has 12 heteroatoms. The van der Waals surface area contributed by atoms with E-state index in [4.69, 9.17) is 28.1 Å². The largest absolute Gasteiger partial charge is 0.493 e. The number of hydrogen-bond acceptors (Lipinski definition) is 9. The van der Waals surface area contributed by atoms with Gasteiger partial charge in [-0.1, -0.05) is 13.0 Å². The van der Waals surface area contributed by atoms with Crippen LogP contribution in [0.25, 0.3) is 11.0 Å². The van der Waals surface area contributed by atoms with E-state index in [9.17, 15) is 22.8 Å². The number of rotatable bonds is 10. The summed E-state index contributed by atoms with van der Waals surface area (Å²) in [6.45, 7) is 2.97. The molecule has 232 valence electrons. The number of esters is 1. The van der Waals surface area contributed by atoms with Gasteiger partial charge in [0.2, 0.25) is 11.2 Å². The second kappa shape index (κ2) is 12.9. The van der Waals surface area contributed by atoms with Gasteiger partial charge in [0.25, 0.3) is 5.76 Å². The second-order valence-electron chi connectivity index (χ2n) is 10.0. The summed E-state index contributed by atoms with van der Waals surface area (Å²) in [5, 5.41) is -0.0862. The number of hydrogen-bond donors (Lipinski definition) is 0. The van der Waals surface area contributed by atoms with E-state index in [1.807, 2.05) is 24.0 Å². The maximum absolute atomic E-state index is 14.2. The van der Waals surface area contributed by atoms with E-state index in [-0.39, 0.29) is 42.2 Å². The fraction of sp³-hybridized carbons (Fsp3) is 0.312. The number of benzene rings is 3. The maximum Gasteiger partial charge on any atom is 0.453 e. The first-order chi connectivity index (χ1) is 21.1. The highest BCUT2D eigenvalue weighted by atomic mass is 19.4. The molecular weight excluding hydrogens is 583 g/mol. The number of carbonyl (C=O) groups excluding carboxylic acids is 1. The molecule has 0 spiro atoms. The lowest BCUT2D eigenvalue weighted by Gasteiger charge is -2.29. The van der Waals surface area contributed by atoms with E-state index >= 15 is 0 Å². The number of fused-ring (bicyclic) bond motifs is 3. The highest BCUT2D eigenvalue weighted by molar-refractivity contribution is 5.89. The Bertz CT molecular complexity index is 1720. The first-order valence-corrected chi connectivity index (χ1v) is 13.8. The van der Waals surface area contributed by atoms with Crippen molar-refractivity contribution >= 4 is 16.9 Å². The molecule has 1 aliphatic heterocycles. The molecule has 9 nitrogen and oxygen atoms in total. The lowest BCUT2D eigenvalue weighted by Crippen LogP contribution is -2.34. The van der Waals surface area contributed by atoms with Crippen LogP contribution in [-0.2, 0) is 23.9 Å². The van der Waals surface area contributed by atoms with E-state index in [0.717, 1.165) is 5.56 Å². The lowest BCUT2D eigenvalue weighted by atomic mass is 10.1. The summed E-state index contributed by atoms with van der Waals surface area (Å²) in [5.74, 6) is -1.73. The predicted octanol–water partition coefficient (Wildman–Crippen LogP) is 6.58. The smallest absolute Gasteiger partial charge is 0.453 e. The summed E-state index contributed by atoms with van der Waals surface area (Å²) in [6.07, 6.45) is -3.82. The van der Waals surface area contributed by atoms with Crippen LogP contribution in [0.15, 0.2) is 63.8 Å². The van der Waals surface area contributed by atoms with Crippen molar-refractivity contribution in [3.05, 3.63) is 87.3 Å². The van der Waals surface area contributed by atoms with Crippen molar-refractivity contribution in [3.63, 3.8) is 0 Å². The Morgan fingerprint density at radius 2 is 1.75 bits per heavy atom. The molecule has 3 aromatic carbocycles. The fourth-order valence-electron chi connectivity index (χ4n) is 4.80. The summed E-state index contributed by atoms with van der Waals surface area (Å²) < 4.78 is 75.1. The highest BCUT2D eigenvalue weighted by Crippen LogP contribution is 2.41. The Hall–Kier alpha value is -4.71. The Balaban J connectivity index is 1.43. The van der Waals surface area contributed by atoms with Crippen molar-refractivity contribution in [1.82, 2.24) is 4.90 Å². The normalized spacial score (nSPS) is 13.2. The van der Waals surface area contributed by atoms with Crippen LogP contribution in [0.5, 0.6) is 28.7 Å². The van der Waals surface area contributed by atoms with Gasteiger partial charge in [-0.15, -0.1) is 0 Å². The van der Waals surface area contributed by atoms with E-state index in [2.05, 4.69) is 0 Å². The second-order valence-corrected chi connectivity index (χ2v) is 10.0. The molecule has 1 aromatic heterocycles. The van der Waals surface area contributed by atoms with Crippen molar-refractivity contribution in [2.24, 2.45) is 0 Å². The van der Waals surface area contributed by atoms with Crippen molar-refractivity contribution in [2.45, 2.75) is 32.5 Å². The number of halogens is 3. The molecule has 0 N–H and O–H groups in total. The van der Waals surface area contributed by atoms with E-state index < -0.39 is 29.1 Å². The molecule has 5 rings (SSSR count). The van der Waals surface area contributed by atoms with Crippen LogP contribution in [-0.4, -0.2) is 45.0 Å². The number of alkyl halides is 3. The van der Waals surface area contributed by atoms with E-state index in [1.165, 1.54) is 36.4 Å². The summed E-state index contributed by atoms with van der Waals surface area (Å²) in [7, 11) is 3.10. The lowest BCUT2D eigenvalue weighted by molar-refractivity contribution is -0.154. The van der Waals surface area contributed by atoms with Gasteiger partial charge in [0.15, 0.2) is 11.5 Å². The summed E-state index contributed by atoms with van der Waals surface area (Å²) in [4.78, 5) is 27.4. The Labute approximate surface area is 250 Å². The molecule has 0 saturated heterocycles. The van der Waals surface area contributed by atoms with Crippen LogP contribution in [0.4, 0.5) is 13.2 Å². The molecule has 4 aromatic rings. The fourth-order valence-corrected chi connectivity index (χ4v) is 4.80. The minimum Gasteiger partial charge on any atom is -0.493 e. The van der Waals surface area contributed by atoms with Gasteiger partial charge in [0.1, 0.15) is 23.8 Å². The van der Waals surface area contributed by atoms with Crippen molar-refractivity contribution in [1.29, 1.82) is 0 Å². The molecule has 0 unspecified atom stereocenters. The molecule has 0 fully saturated rings. The maximum atomic E-state index is 14.2. The van der Waals surface area contributed by atoms with E-state index in [1.54, 1.807) is 20.3 Å². The molecular formula is C32H30F3NO8.